The van der Waals surface area contributed by atoms with Crippen LogP contribution in [0, 0.1) is 0 Å². The standard InChI is InChI=1S/C18H24N4O2/c1-15(23)20(2)14-17-12-18(19-24-17)16-6-5-9-22(13-16)11-10-21-7-3-4-8-21/h3-4,6-8,12H,5,9-11,13-14H2,1-2H3. The second-order valence-corrected chi connectivity index (χ2v) is 6.27. The van der Waals surface area contributed by atoms with E-state index in [1.807, 2.05) is 6.07 Å². The van der Waals surface area contributed by atoms with Crippen LogP contribution in [0.1, 0.15) is 24.8 Å². The van der Waals surface area contributed by atoms with E-state index in [2.05, 4.69) is 45.2 Å². The van der Waals surface area contributed by atoms with Crippen LogP contribution < -0.4 is 0 Å². The highest BCUT2D eigenvalue weighted by Gasteiger charge is 2.17. The second-order valence-electron chi connectivity index (χ2n) is 6.27. The van der Waals surface area contributed by atoms with Crippen LogP contribution in [0.3, 0.4) is 0 Å². The summed E-state index contributed by atoms with van der Waals surface area (Å²) in [6.07, 6.45) is 7.45. The Balaban J connectivity index is 1.57. The van der Waals surface area contributed by atoms with Crippen molar-refractivity contribution < 1.29 is 9.32 Å². The zero-order chi connectivity index (χ0) is 16.9. The fourth-order valence-corrected chi connectivity index (χ4v) is 2.84. The van der Waals surface area contributed by atoms with Gasteiger partial charge in [-0.3, -0.25) is 9.69 Å². The fourth-order valence-electron chi connectivity index (χ4n) is 2.84. The highest BCUT2D eigenvalue weighted by molar-refractivity contribution is 5.72. The van der Waals surface area contributed by atoms with Crippen LogP contribution in [-0.4, -0.2) is 52.1 Å². The van der Waals surface area contributed by atoms with Crippen molar-refractivity contribution in [1.82, 2.24) is 19.5 Å². The number of hydrogen-bond donors (Lipinski definition) is 0. The maximum Gasteiger partial charge on any atom is 0.219 e. The molecule has 2 aromatic heterocycles. The third-order valence-electron chi connectivity index (χ3n) is 4.39. The number of carbonyl (C=O) groups is 1. The van der Waals surface area contributed by atoms with Gasteiger partial charge in [0.25, 0.3) is 0 Å². The molecule has 3 rings (SSSR count). The van der Waals surface area contributed by atoms with E-state index in [1.54, 1.807) is 18.9 Å². The van der Waals surface area contributed by atoms with Crippen LogP contribution in [0.4, 0.5) is 0 Å². The molecule has 0 N–H and O–H groups in total. The summed E-state index contributed by atoms with van der Waals surface area (Å²) in [4.78, 5) is 15.4. The minimum Gasteiger partial charge on any atom is -0.359 e. The van der Waals surface area contributed by atoms with E-state index >= 15 is 0 Å². The topological polar surface area (TPSA) is 54.5 Å². The van der Waals surface area contributed by atoms with Crippen molar-refractivity contribution in [3.8, 4) is 0 Å². The fraction of sp³-hybridized carbons (Fsp3) is 0.444. The molecule has 0 spiro atoms. The number of nitrogens with zero attached hydrogens (tertiary/aromatic N) is 4. The van der Waals surface area contributed by atoms with E-state index in [-0.39, 0.29) is 5.91 Å². The molecule has 0 aliphatic carbocycles. The maximum atomic E-state index is 11.3. The molecule has 0 aromatic carbocycles. The van der Waals surface area contributed by atoms with Crippen LogP contribution in [0.2, 0.25) is 0 Å². The van der Waals surface area contributed by atoms with Crippen LogP contribution in [-0.2, 0) is 17.9 Å². The van der Waals surface area contributed by atoms with E-state index in [4.69, 9.17) is 4.52 Å². The summed E-state index contributed by atoms with van der Waals surface area (Å²) in [5.41, 5.74) is 2.09. The third kappa shape index (κ3) is 4.14. The number of rotatable bonds is 6. The summed E-state index contributed by atoms with van der Waals surface area (Å²) in [7, 11) is 1.76. The lowest BCUT2D eigenvalue weighted by Crippen LogP contribution is -2.32. The Morgan fingerprint density at radius 2 is 2.12 bits per heavy atom. The van der Waals surface area contributed by atoms with E-state index < -0.39 is 0 Å². The molecule has 3 heterocycles. The molecule has 128 valence electrons. The Morgan fingerprint density at radius 3 is 2.88 bits per heavy atom. The van der Waals surface area contributed by atoms with Gasteiger partial charge in [0.1, 0.15) is 5.69 Å². The minimum absolute atomic E-state index is 0.0148. The molecule has 1 aliphatic heterocycles. The first kappa shape index (κ1) is 16.5. The first-order valence-electron chi connectivity index (χ1n) is 8.31. The second kappa shape index (κ2) is 7.49. The Labute approximate surface area is 142 Å². The monoisotopic (exact) mass is 328 g/mol. The summed E-state index contributed by atoms with van der Waals surface area (Å²) in [6, 6.07) is 6.05. The van der Waals surface area contributed by atoms with Crippen molar-refractivity contribution in [3.63, 3.8) is 0 Å². The summed E-state index contributed by atoms with van der Waals surface area (Å²) in [6.45, 7) is 5.96. The van der Waals surface area contributed by atoms with Gasteiger partial charge in [-0.25, -0.2) is 0 Å². The van der Waals surface area contributed by atoms with Gasteiger partial charge in [0.2, 0.25) is 5.91 Å². The van der Waals surface area contributed by atoms with Gasteiger partial charge < -0.3 is 14.0 Å². The Morgan fingerprint density at radius 1 is 1.33 bits per heavy atom. The van der Waals surface area contributed by atoms with Gasteiger partial charge in [0, 0.05) is 58.6 Å². The molecule has 0 fully saturated rings. The smallest absolute Gasteiger partial charge is 0.219 e. The number of amides is 1. The highest BCUT2D eigenvalue weighted by atomic mass is 16.5. The average molecular weight is 328 g/mol. The van der Waals surface area contributed by atoms with Gasteiger partial charge in [0.15, 0.2) is 5.76 Å². The Bertz CT molecular complexity index is 702. The lowest BCUT2D eigenvalue weighted by Gasteiger charge is -2.26. The van der Waals surface area contributed by atoms with Gasteiger partial charge in [-0.15, -0.1) is 0 Å². The molecular weight excluding hydrogens is 304 g/mol. The predicted octanol–water partition coefficient (Wildman–Crippen LogP) is 2.24. The van der Waals surface area contributed by atoms with Crippen molar-refractivity contribution in [1.29, 1.82) is 0 Å². The van der Waals surface area contributed by atoms with E-state index in [9.17, 15) is 4.79 Å². The molecule has 0 radical (unpaired) electrons. The quantitative estimate of drug-likeness (QED) is 0.816. The predicted molar refractivity (Wildman–Crippen MR) is 92.1 cm³/mol. The average Bonchev–Trinajstić information content (AvgIpc) is 3.25. The molecule has 0 saturated carbocycles. The summed E-state index contributed by atoms with van der Waals surface area (Å²) >= 11 is 0. The van der Waals surface area contributed by atoms with Crippen LogP contribution in [0.5, 0.6) is 0 Å². The molecule has 6 heteroatoms. The van der Waals surface area contributed by atoms with Crippen molar-refractivity contribution in [2.75, 3.05) is 26.7 Å². The number of hydrogen-bond acceptors (Lipinski definition) is 4. The lowest BCUT2D eigenvalue weighted by atomic mass is 10.1. The molecule has 1 amide bonds. The number of aromatic nitrogens is 2. The molecule has 24 heavy (non-hydrogen) atoms. The summed E-state index contributed by atoms with van der Waals surface area (Å²) < 4.78 is 7.58. The van der Waals surface area contributed by atoms with E-state index in [0.717, 1.165) is 38.3 Å². The largest absolute Gasteiger partial charge is 0.359 e. The van der Waals surface area contributed by atoms with Crippen molar-refractivity contribution >= 4 is 11.5 Å². The van der Waals surface area contributed by atoms with Crippen molar-refractivity contribution in [3.05, 3.63) is 48.1 Å². The molecule has 0 unspecified atom stereocenters. The molecule has 0 bridgehead atoms. The van der Waals surface area contributed by atoms with Crippen LogP contribution in [0.25, 0.3) is 5.57 Å². The van der Waals surface area contributed by atoms with Gasteiger partial charge in [-0.05, 0) is 24.1 Å². The van der Waals surface area contributed by atoms with E-state index in [1.165, 1.54) is 5.57 Å². The molecule has 2 aromatic rings. The van der Waals surface area contributed by atoms with Gasteiger partial charge >= 0.3 is 0 Å². The summed E-state index contributed by atoms with van der Waals surface area (Å²) in [5.74, 6) is 0.731. The molecule has 0 atom stereocenters. The SMILES string of the molecule is CC(=O)N(C)Cc1cc(C2=CCCN(CCn3cccc3)C2)no1. The van der Waals surface area contributed by atoms with Crippen LogP contribution >= 0.6 is 0 Å². The maximum absolute atomic E-state index is 11.3. The lowest BCUT2D eigenvalue weighted by molar-refractivity contribution is -0.128. The number of carbonyl (C=O) groups excluding carboxylic acids is 1. The molecule has 1 aliphatic rings. The van der Waals surface area contributed by atoms with Gasteiger partial charge in [-0.2, -0.15) is 0 Å². The Kier molecular flexibility index (Phi) is 5.15. The van der Waals surface area contributed by atoms with Crippen molar-refractivity contribution in [2.24, 2.45) is 0 Å². The first-order chi connectivity index (χ1) is 11.6. The molecule has 6 nitrogen and oxygen atoms in total. The summed E-state index contributed by atoms with van der Waals surface area (Å²) in [5, 5.41) is 4.18. The van der Waals surface area contributed by atoms with Gasteiger partial charge in [-0.1, -0.05) is 11.2 Å². The molecular formula is C18H24N4O2. The highest BCUT2D eigenvalue weighted by Crippen LogP contribution is 2.21. The normalized spacial score (nSPS) is 15.3. The third-order valence-corrected chi connectivity index (χ3v) is 4.39. The Hall–Kier alpha value is -2.34. The minimum atomic E-state index is 0.0148. The first-order valence-corrected chi connectivity index (χ1v) is 8.31. The van der Waals surface area contributed by atoms with Crippen LogP contribution in [0.15, 0.2) is 41.2 Å². The zero-order valence-electron chi connectivity index (χ0n) is 14.3. The zero-order valence-corrected chi connectivity index (χ0v) is 14.3. The molecule has 0 saturated heterocycles. The van der Waals surface area contributed by atoms with Crippen molar-refractivity contribution in [2.45, 2.75) is 26.4 Å². The van der Waals surface area contributed by atoms with E-state index in [0.29, 0.717) is 12.3 Å². The van der Waals surface area contributed by atoms with Gasteiger partial charge in [0.05, 0.1) is 6.54 Å².